The van der Waals surface area contributed by atoms with Crippen LogP contribution in [-0.4, -0.2) is 19.8 Å². The summed E-state index contributed by atoms with van der Waals surface area (Å²) >= 11 is 3.12. The maximum absolute atomic E-state index is 13.3. The van der Waals surface area contributed by atoms with E-state index in [-0.39, 0.29) is 0 Å². The molecule has 0 radical (unpaired) electrons. The molecule has 0 aliphatic rings. The lowest BCUT2D eigenvalue weighted by atomic mass is 10.3. The first-order chi connectivity index (χ1) is 8.27. The lowest BCUT2D eigenvalue weighted by Gasteiger charge is -2.13. The molecule has 0 saturated heterocycles. The van der Waals surface area contributed by atoms with Crippen LogP contribution in [0.4, 0.5) is 13.2 Å². The van der Waals surface area contributed by atoms with Gasteiger partial charge in [-0.3, -0.25) is 0 Å². The largest absolute Gasteiger partial charge is 0.246 e. The van der Waals surface area contributed by atoms with Crippen molar-refractivity contribution in [2.24, 2.45) is 0 Å². The summed E-state index contributed by atoms with van der Waals surface area (Å²) < 4.78 is 64.9. The number of nitrogens with one attached hydrogen (secondary N) is 1. The Balaban J connectivity index is 3.13. The van der Waals surface area contributed by atoms with Crippen LogP contribution in [0.25, 0.3) is 0 Å². The third kappa shape index (κ3) is 3.69. The number of benzene rings is 1. The van der Waals surface area contributed by atoms with Crippen molar-refractivity contribution in [3.05, 3.63) is 29.6 Å². The van der Waals surface area contributed by atoms with Crippen LogP contribution in [0.15, 0.2) is 17.0 Å². The molecule has 0 saturated carbocycles. The van der Waals surface area contributed by atoms with E-state index < -0.39 is 38.4 Å². The van der Waals surface area contributed by atoms with Crippen LogP contribution >= 0.6 is 15.9 Å². The molecular weight excluding hydrogens is 335 g/mol. The van der Waals surface area contributed by atoms with Gasteiger partial charge in [0.25, 0.3) is 0 Å². The second kappa shape index (κ2) is 6.03. The van der Waals surface area contributed by atoms with Crippen molar-refractivity contribution in [1.82, 2.24) is 4.72 Å². The van der Waals surface area contributed by atoms with Gasteiger partial charge in [0.05, 0.1) is 0 Å². The number of sulfonamides is 1. The zero-order valence-corrected chi connectivity index (χ0v) is 11.8. The zero-order chi connectivity index (χ0) is 13.9. The average molecular weight is 346 g/mol. The Morgan fingerprint density at radius 2 is 1.78 bits per heavy atom. The Bertz CT molecular complexity index is 513. The first-order valence-corrected chi connectivity index (χ1v) is 7.61. The van der Waals surface area contributed by atoms with Crippen molar-refractivity contribution in [2.45, 2.75) is 24.3 Å². The summed E-state index contributed by atoms with van der Waals surface area (Å²) in [5.74, 6) is -4.07. The highest BCUT2D eigenvalue weighted by atomic mass is 79.9. The SMILES string of the molecule is CC(CCBr)NS(=O)(=O)c1c(F)cc(F)cc1F. The van der Waals surface area contributed by atoms with Crippen molar-refractivity contribution in [1.29, 1.82) is 0 Å². The summed E-state index contributed by atoms with van der Waals surface area (Å²) in [5, 5.41) is 0.533. The van der Waals surface area contributed by atoms with E-state index in [4.69, 9.17) is 0 Å². The van der Waals surface area contributed by atoms with Gasteiger partial charge in [0.15, 0.2) is 4.90 Å². The smallest absolute Gasteiger partial charge is 0.208 e. The molecule has 1 aromatic rings. The summed E-state index contributed by atoms with van der Waals surface area (Å²) in [4.78, 5) is -1.16. The lowest BCUT2D eigenvalue weighted by molar-refractivity contribution is 0.489. The number of halogens is 4. The summed E-state index contributed by atoms with van der Waals surface area (Å²) in [7, 11) is -4.35. The van der Waals surface area contributed by atoms with E-state index in [9.17, 15) is 21.6 Å². The monoisotopic (exact) mass is 345 g/mol. The number of hydrogen-bond acceptors (Lipinski definition) is 2. The van der Waals surface area contributed by atoms with E-state index in [1.807, 2.05) is 0 Å². The molecule has 0 heterocycles. The molecule has 18 heavy (non-hydrogen) atoms. The minimum atomic E-state index is -4.35. The van der Waals surface area contributed by atoms with Gasteiger partial charge in [-0.25, -0.2) is 26.3 Å². The van der Waals surface area contributed by atoms with E-state index in [0.717, 1.165) is 0 Å². The predicted octanol–water partition coefficient (Wildman–Crippen LogP) is 2.56. The van der Waals surface area contributed by atoms with E-state index in [1.165, 1.54) is 0 Å². The van der Waals surface area contributed by atoms with E-state index in [0.29, 0.717) is 23.9 Å². The minimum Gasteiger partial charge on any atom is -0.208 e. The molecule has 0 spiro atoms. The summed E-state index contributed by atoms with van der Waals surface area (Å²) in [5.41, 5.74) is 0. The third-order valence-corrected chi connectivity index (χ3v) is 4.23. The molecule has 8 heteroatoms. The molecule has 1 N–H and O–H groups in total. The van der Waals surface area contributed by atoms with Crippen LogP contribution in [0.5, 0.6) is 0 Å². The second-order valence-electron chi connectivity index (χ2n) is 3.70. The van der Waals surface area contributed by atoms with Crippen LogP contribution in [0, 0.1) is 17.5 Å². The Morgan fingerprint density at radius 3 is 2.22 bits per heavy atom. The van der Waals surface area contributed by atoms with Gasteiger partial charge >= 0.3 is 0 Å². The van der Waals surface area contributed by atoms with Gasteiger partial charge in [-0.2, -0.15) is 0 Å². The van der Waals surface area contributed by atoms with Gasteiger partial charge in [0.2, 0.25) is 10.0 Å². The van der Waals surface area contributed by atoms with Crippen molar-refractivity contribution in [2.75, 3.05) is 5.33 Å². The molecule has 1 rings (SSSR count). The molecule has 0 aliphatic heterocycles. The molecule has 0 aromatic heterocycles. The maximum atomic E-state index is 13.3. The third-order valence-electron chi connectivity index (χ3n) is 2.13. The highest BCUT2D eigenvalue weighted by Gasteiger charge is 2.26. The number of rotatable bonds is 5. The summed E-state index contributed by atoms with van der Waals surface area (Å²) in [6.07, 6.45) is 0.448. The van der Waals surface area contributed by atoms with E-state index in [2.05, 4.69) is 20.7 Å². The summed E-state index contributed by atoms with van der Waals surface area (Å²) in [6.45, 7) is 1.55. The summed E-state index contributed by atoms with van der Waals surface area (Å²) in [6, 6.07) is 0.151. The first-order valence-electron chi connectivity index (χ1n) is 5.00. The van der Waals surface area contributed by atoms with E-state index >= 15 is 0 Å². The molecule has 0 aliphatic carbocycles. The molecule has 1 unspecified atom stereocenters. The Morgan fingerprint density at radius 1 is 1.28 bits per heavy atom. The predicted molar refractivity (Wildman–Crippen MR) is 64.5 cm³/mol. The number of alkyl halides is 1. The van der Waals surface area contributed by atoms with Crippen molar-refractivity contribution in [3.63, 3.8) is 0 Å². The quantitative estimate of drug-likeness (QED) is 0.833. The van der Waals surface area contributed by atoms with Crippen molar-refractivity contribution < 1.29 is 21.6 Å². The van der Waals surface area contributed by atoms with Crippen LogP contribution < -0.4 is 4.72 Å². The molecule has 0 fully saturated rings. The topological polar surface area (TPSA) is 46.2 Å². The van der Waals surface area contributed by atoms with Gasteiger partial charge < -0.3 is 0 Å². The molecule has 1 atom stereocenters. The molecule has 3 nitrogen and oxygen atoms in total. The highest BCUT2D eigenvalue weighted by Crippen LogP contribution is 2.20. The standard InChI is InChI=1S/C10H11BrF3NO2S/c1-6(2-3-11)15-18(16,17)10-8(13)4-7(12)5-9(10)14/h4-6,15H,2-3H2,1H3. The zero-order valence-electron chi connectivity index (χ0n) is 9.38. The molecule has 1 aromatic carbocycles. The van der Waals surface area contributed by atoms with Crippen molar-refractivity contribution in [3.8, 4) is 0 Å². The highest BCUT2D eigenvalue weighted by molar-refractivity contribution is 9.09. The molecule has 102 valence electrons. The normalized spacial score (nSPS) is 13.6. The van der Waals surface area contributed by atoms with Crippen LogP contribution in [-0.2, 0) is 10.0 Å². The molecule has 0 amide bonds. The Labute approximate surface area is 112 Å². The molecule has 0 bridgehead atoms. The maximum Gasteiger partial charge on any atom is 0.246 e. The van der Waals surface area contributed by atoms with E-state index in [1.54, 1.807) is 6.92 Å². The molecular formula is C10H11BrF3NO2S. The lowest BCUT2D eigenvalue weighted by Crippen LogP contribution is -2.34. The first kappa shape index (κ1) is 15.5. The van der Waals surface area contributed by atoms with Gasteiger partial charge in [0, 0.05) is 23.5 Å². The Kier molecular flexibility index (Phi) is 5.18. The fourth-order valence-electron chi connectivity index (χ4n) is 1.33. The van der Waals surface area contributed by atoms with Gasteiger partial charge in [0.1, 0.15) is 17.5 Å². The van der Waals surface area contributed by atoms with Crippen LogP contribution in [0.2, 0.25) is 0 Å². The van der Waals surface area contributed by atoms with Crippen LogP contribution in [0.1, 0.15) is 13.3 Å². The minimum absolute atomic E-state index is 0.326. The van der Waals surface area contributed by atoms with Gasteiger partial charge in [-0.15, -0.1) is 0 Å². The van der Waals surface area contributed by atoms with Crippen molar-refractivity contribution >= 4 is 26.0 Å². The Hall–Kier alpha value is -0.600. The van der Waals surface area contributed by atoms with Gasteiger partial charge in [-0.1, -0.05) is 15.9 Å². The van der Waals surface area contributed by atoms with Gasteiger partial charge in [-0.05, 0) is 13.3 Å². The van der Waals surface area contributed by atoms with Crippen LogP contribution in [0.3, 0.4) is 0 Å². The average Bonchev–Trinajstić information content (AvgIpc) is 2.13. The fraction of sp³-hybridized carbons (Fsp3) is 0.400. The number of hydrogen-bond donors (Lipinski definition) is 1. The fourth-order valence-corrected chi connectivity index (χ4v) is 3.42. The second-order valence-corrected chi connectivity index (χ2v) is 6.14.